The van der Waals surface area contributed by atoms with Gasteiger partial charge in [0.2, 0.25) is 0 Å². The van der Waals surface area contributed by atoms with Crippen LogP contribution in [0.5, 0.6) is 0 Å². The molecule has 0 aromatic rings. The molecule has 0 radical (unpaired) electrons. The highest BCUT2D eigenvalue weighted by Gasteiger charge is 2.37. The van der Waals surface area contributed by atoms with Crippen LogP contribution in [0.3, 0.4) is 0 Å². The summed E-state index contributed by atoms with van der Waals surface area (Å²) in [5.41, 5.74) is 0. The first-order valence-electron chi connectivity index (χ1n) is 3.47. The third-order valence-electron chi connectivity index (χ3n) is 1.91. The molecule has 50 valence electrons. The first kappa shape index (κ1) is 6.50. The average molecular weight is 124 g/mol. The minimum absolute atomic E-state index is 1.21. The summed E-state index contributed by atoms with van der Waals surface area (Å²) in [6.45, 7) is 0. The zero-order valence-electron chi connectivity index (χ0n) is 5.48. The van der Waals surface area contributed by atoms with E-state index in [0.29, 0.717) is 0 Å². The van der Waals surface area contributed by atoms with Gasteiger partial charge in [-0.2, -0.15) is 0 Å². The molecule has 2 aliphatic rings. The standard InChI is InChI=1S/C6H10.CH2N2/c1-2-5(1)6-3-4-6;2-1-3/h5-6H,1-4H2;2-3H. The van der Waals surface area contributed by atoms with Crippen LogP contribution in [0.4, 0.5) is 0 Å². The van der Waals surface area contributed by atoms with E-state index < -0.39 is 0 Å². The Bertz CT molecular complexity index is 107. The highest BCUT2D eigenvalue weighted by molar-refractivity contribution is 5.29. The Morgan fingerprint density at radius 1 is 0.889 bits per heavy atom. The summed E-state index contributed by atoms with van der Waals surface area (Å²) in [6, 6.07) is 1.25. The van der Waals surface area contributed by atoms with Crippen LogP contribution in [0.25, 0.3) is 0 Å². The van der Waals surface area contributed by atoms with Gasteiger partial charge < -0.3 is 0 Å². The molecular weight excluding hydrogens is 112 g/mol. The van der Waals surface area contributed by atoms with Gasteiger partial charge in [-0.25, -0.2) is 10.8 Å². The second-order valence-corrected chi connectivity index (χ2v) is 2.80. The molecule has 2 saturated carbocycles. The van der Waals surface area contributed by atoms with Crippen LogP contribution in [-0.2, 0) is 0 Å². The van der Waals surface area contributed by atoms with Gasteiger partial charge in [-0.1, -0.05) is 0 Å². The van der Waals surface area contributed by atoms with Gasteiger partial charge in [-0.3, -0.25) is 0 Å². The summed E-state index contributed by atoms with van der Waals surface area (Å²) in [5, 5.41) is 11.2. The van der Waals surface area contributed by atoms with Crippen molar-refractivity contribution in [3.63, 3.8) is 0 Å². The van der Waals surface area contributed by atoms with Crippen LogP contribution in [0.15, 0.2) is 0 Å². The van der Waals surface area contributed by atoms with Crippen molar-refractivity contribution in [2.75, 3.05) is 0 Å². The Morgan fingerprint density at radius 2 is 1.11 bits per heavy atom. The Hall–Kier alpha value is -0.620. The number of rotatable bonds is 1. The maximum atomic E-state index is 5.62. The molecule has 2 rings (SSSR count). The maximum Gasteiger partial charge on any atom is 0.0831 e. The van der Waals surface area contributed by atoms with Crippen molar-refractivity contribution in [3.8, 4) is 0 Å². The second-order valence-electron chi connectivity index (χ2n) is 2.80. The monoisotopic (exact) mass is 124 g/mol. The van der Waals surface area contributed by atoms with Gasteiger partial charge in [0.15, 0.2) is 0 Å². The molecule has 2 aliphatic carbocycles. The minimum Gasteiger partial charge on any atom is -0.242 e. The van der Waals surface area contributed by atoms with Crippen LogP contribution in [0, 0.1) is 22.7 Å². The molecule has 0 aromatic carbocycles. The molecule has 2 fully saturated rings. The van der Waals surface area contributed by atoms with Crippen molar-refractivity contribution in [2.24, 2.45) is 11.8 Å². The summed E-state index contributed by atoms with van der Waals surface area (Å²) >= 11 is 0. The lowest BCUT2D eigenvalue weighted by atomic mass is 10.3. The fourth-order valence-electron chi connectivity index (χ4n) is 1.14. The van der Waals surface area contributed by atoms with Crippen LogP contribution in [0.1, 0.15) is 25.7 Å². The van der Waals surface area contributed by atoms with E-state index in [1.807, 2.05) is 0 Å². The van der Waals surface area contributed by atoms with E-state index in [1.54, 1.807) is 25.7 Å². The quantitative estimate of drug-likeness (QED) is 0.503. The van der Waals surface area contributed by atoms with Crippen LogP contribution in [-0.4, -0.2) is 6.01 Å². The lowest BCUT2D eigenvalue weighted by molar-refractivity contribution is 0.716. The molecule has 9 heavy (non-hydrogen) atoms. The van der Waals surface area contributed by atoms with Gasteiger partial charge in [0.1, 0.15) is 0 Å². The maximum absolute atomic E-state index is 5.62. The summed E-state index contributed by atoms with van der Waals surface area (Å²) in [4.78, 5) is 0. The van der Waals surface area contributed by atoms with Crippen molar-refractivity contribution in [2.45, 2.75) is 25.7 Å². The SMILES string of the molecule is C1CC1C1CC1.N=C=N. The molecular formula is C7H12N2. The number of hydrogen-bond acceptors (Lipinski definition) is 2. The van der Waals surface area contributed by atoms with Crippen molar-refractivity contribution in [1.82, 2.24) is 0 Å². The first-order valence-corrected chi connectivity index (χ1v) is 3.47. The summed E-state index contributed by atoms with van der Waals surface area (Å²) in [7, 11) is 0. The van der Waals surface area contributed by atoms with Gasteiger partial charge in [-0.15, -0.1) is 0 Å². The van der Waals surface area contributed by atoms with E-state index >= 15 is 0 Å². The molecule has 0 aromatic heterocycles. The van der Waals surface area contributed by atoms with E-state index in [-0.39, 0.29) is 0 Å². The van der Waals surface area contributed by atoms with E-state index in [4.69, 9.17) is 10.8 Å². The Kier molecular flexibility index (Phi) is 2.01. The molecule has 0 spiro atoms. The van der Waals surface area contributed by atoms with Gasteiger partial charge in [0, 0.05) is 0 Å². The molecule has 0 unspecified atom stereocenters. The highest BCUT2D eigenvalue weighted by Crippen LogP contribution is 2.49. The zero-order chi connectivity index (χ0) is 6.69. The van der Waals surface area contributed by atoms with Crippen molar-refractivity contribution in [3.05, 3.63) is 0 Å². The Labute approximate surface area is 55.3 Å². The lowest BCUT2D eigenvalue weighted by Crippen LogP contribution is -1.70. The Morgan fingerprint density at radius 3 is 1.22 bits per heavy atom. The fourth-order valence-corrected chi connectivity index (χ4v) is 1.14. The van der Waals surface area contributed by atoms with Crippen molar-refractivity contribution < 1.29 is 0 Å². The molecule has 2 N–H and O–H groups in total. The largest absolute Gasteiger partial charge is 0.242 e. The topological polar surface area (TPSA) is 47.7 Å². The molecule has 0 aliphatic heterocycles. The van der Waals surface area contributed by atoms with E-state index in [2.05, 4.69) is 0 Å². The van der Waals surface area contributed by atoms with Gasteiger partial charge in [0.05, 0.1) is 6.01 Å². The molecule has 2 heteroatoms. The number of nitrogens with one attached hydrogen (secondary N) is 2. The van der Waals surface area contributed by atoms with Crippen molar-refractivity contribution in [1.29, 1.82) is 10.8 Å². The van der Waals surface area contributed by atoms with Crippen LogP contribution >= 0.6 is 0 Å². The van der Waals surface area contributed by atoms with Gasteiger partial charge in [0.25, 0.3) is 0 Å². The number of hydrogen-bond donors (Lipinski definition) is 2. The molecule has 0 saturated heterocycles. The third kappa shape index (κ3) is 2.43. The third-order valence-corrected chi connectivity index (χ3v) is 1.91. The van der Waals surface area contributed by atoms with Gasteiger partial charge in [-0.05, 0) is 37.5 Å². The fraction of sp³-hybridized carbons (Fsp3) is 0.857. The highest BCUT2D eigenvalue weighted by atomic mass is 14.4. The summed E-state index contributed by atoms with van der Waals surface area (Å²) < 4.78 is 0. The van der Waals surface area contributed by atoms with Crippen molar-refractivity contribution >= 4 is 6.01 Å². The molecule has 0 heterocycles. The second kappa shape index (κ2) is 2.79. The molecule has 2 nitrogen and oxygen atoms in total. The smallest absolute Gasteiger partial charge is 0.0831 e. The minimum atomic E-state index is 1.21. The van der Waals surface area contributed by atoms with Crippen LogP contribution < -0.4 is 0 Å². The lowest BCUT2D eigenvalue weighted by Gasteiger charge is -1.77. The first-order chi connectivity index (χ1) is 4.38. The summed E-state index contributed by atoms with van der Waals surface area (Å²) in [5.74, 6) is 2.43. The normalized spacial score (nSPS) is 23.6. The van der Waals surface area contributed by atoms with E-state index in [0.717, 1.165) is 0 Å². The molecule has 0 atom stereocenters. The molecule has 0 bridgehead atoms. The zero-order valence-corrected chi connectivity index (χ0v) is 5.48. The predicted octanol–water partition coefficient (Wildman–Crippen LogP) is 2.12. The van der Waals surface area contributed by atoms with Gasteiger partial charge >= 0.3 is 0 Å². The van der Waals surface area contributed by atoms with E-state index in [9.17, 15) is 0 Å². The molecule has 0 amide bonds. The van der Waals surface area contributed by atoms with E-state index in [1.165, 1.54) is 17.8 Å². The predicted molar refractivity (Wildman–Crippen MR) is 35.9 cm³/mol. The Balaban J connectivity index is 0.000000120. The summed E-state index contributed by atoms with van der Waals surface area (Å²) in [6.07, 6.45) is 6.24. The van der Waals surface area contributed by atoms with Crippen LogP contribution in [0.2, 0.25) is 0 Å². The average Bonchev–Trinajstić information content (AvgIpc) is 2.63.